The van der Waals surface area contributed by atoms with Crippen LogP contribution in [0.4, 0.5) is 0 Å². The van der Waals surface area contributed by atoms with E-state index in [1.54, 1.807) is 11.3 Å². The standard InChI is InChI=1S/C15H15ClN2OS2/c1-9(11-6-7-14(16)21-11)17-18-15(19)13-8-10-4-2-3-5-12(10)20-13/h6-8H,2-5H2,1H3,(H,18,19). The Balaban J connectivity index is 1.70. The lowest BCUT2D eigenvalue weighted by molar-refractivity contribution is 0.0959. The lowest BCUT2D eigenvalue weighted by Crippen LogP contribution is -2.17. The monoisotopic (exact) mass is 338 g/mol. The van der Waals surface area contributed by atoms with E-state index >= 15 is 0 Å². The topological polar surface area (TPSA) is 41.5 Å². The Bertz CT molecular complexity index is 679. The van der Waals surface area contributed by atoms with Crippen molar-refractivity contribution in [2.24, 2.45) is 5.10 Å². The molecule has 3 nitrogen and oxygen atoms in total. The molecule has 2 aromatic rings. The van der Waals surface area contributed by atoms with Crippen LogP contribution in [0.3, 0.4) is 0 Å². The predicted molar refractivity (Wildman–Crippen MR) is 90.0 cm³/mol. The summed E-state index contributed by atoms with van der Waals surface area (Å²) in [5, 5.41) is 4.17. The second-order valence-electron chi connectivity index (χ2n) is 5.01. The molecule has 1 aliphatic rings. The van der Waals surface area contributed by atoms with Crippen LogP contribution in [-0.2, 0) is 12.8 Å². The summed E-state index contributed by atoms with van der Waals surface area (Å²) in [5.74, 6) is -0.128. The number of hydrazone groups is 1. The number of amides is 1. The quantitative estimate of drug-likeness (QED) is 0.650. The van der Waals surface area contributed by atoms with Crippen molar-refractivity contribution in [2.45, 2.75) is 32.6 Å². The van der Waals surface area contributed by atoms with Gasteiger partial charge in [-0.05, 0) is 56.4 Å². The van der Waals surface area contributed by atoms with Gasteiger partial charge in [0.05, 0.1) is 19.8 Å². The van der Waals surface area contributed by atoms with Gasteiger partial charge in [0.1, 0.15) is 0 Å². The molecule has 3 rings (SSSR count). The molecule has 1 N–H and O–H groups in total. The molecule has 2 aromatic heterocycles. The van der Waals surface area contributed by atoms with E-state index in [0.717, 1.165) is 32.6 Å². The summed E-state index contributed by atoms with van der Waals surface area (Å²) in [4.78, 5) is 15.2. The number of nitrogens with one attached hydrogen (secondary N) is 1. The molecule has 2 heterocycles. The molecule has 0 atom stereocenters. The van der Waals surface area contributed by atoms with Crippen LogP contribution >= 0.6 is 34.3 Å². The zero-order valence-corrected chi connectivity index (χ0v) is 14.0. The van der Waals surface area contributed by atoms with Gasteiger partial charge < -0.3 is 0 Å². The van der Waals surface area contributed by atoms with Crippen LogP contribution in [0.5, 0.6) is 0 Å². The lowest BCUT2D eigenvalue weighted by atomic mass is 9.99. The van der Waals surface area contributed by atoms with Gasteiger partial charge in [-0.25, -0.2) is 5.43 Å². The number of carbonyl (C=O) groups excluding carboxylic acids is 1. The normalized spacial score (nSPS) is 14.9. The minimum absolute atomic E-state index is 0.128. The average Bonchev–Trinajstić information content (AvgIpc) is 3.10. The molecule has 0 saturated heterocycles. The van der Waals surface area contributed by atoms with Gasteiger partial charge in [-0.2, -0.15) is 5.10 Å². The fraction of sp³-hybridized carbons (Fsp3) is 0.333. The van der Waals surface area contributed by atoms with Gasteiger partial charge in [-0.15, -0.1) is 22.7 Å². The van der Waals surface area contributed by atoms with Gasteiger partial charge >= 0.3 is 0 Å². The number of hydrogen-bond acceptors (Lipinski definition) is 4. The van der Waals surface area contributed by atoms with Crippen LogP contribution in [-0.4, -0.2) is 11.6 Å². The van der Waals surface area contributed by atoms with E-state index in [2.05, 4.69) is 10.5 Å². The molecular formula is C15H15ClN2OS2. The number of rotatable bonds is 3. The second kappa shape index (κ2) is 6.30. The van der Waals surface area contributed by atoms with Crippen LogP contribution in [0, 0.1) is 0 Å². The Kier molecular flexibility index (Phi) is 4.42. The smallest absolute Gasteiger partial charge is 0.266 e. The maximum Gasteiger partial charge on any atom is 0.281 e. The van der Waals surface area contributed by atoms with E-state index in [1.807, 2.05) is 25.1 Å². The molecule has 0 bridgehead atoms. The van der Waals surface area contributed by atoms with Crippen molar-refractivity contribution in [3.8, 4) is 0 Å². The Morgan fingerprint density at radius 2 is 2.05 bits per heavy atom. The first kappa shape index (κ1) is 14.8. The number of carbonyl (C=O) groups is 1. The van der Waals surface area contributed by atoms with Crippen molar-refractivity contribution in [1.82, 2.24) is 5.43 Å². The fourth-order valence-electron chi connectivity index (χ4n) is 2.36. The third-order valence-corrected chi connectivity index (χ3v) is 6.05. The number of halogens is 1. The molecular weight excluding hydrogens is 324 g/mol. The minimum atomic E-state index is -0.128. The molecule has 1 aliphatic carbocycles. The average molecular weight is 339 g/mol. The molecule has 0 aromatic carbocycles. The van der Waals surface area contributed by atoms with Crippen LogP contribution < -0.4 is 5.43 Å². The van der Waals surface area contributed by atoms with Crippen molar-refractivity contribution in [3.05, 3.63) is 42.7 Å². The molecule has 6 heteroatoms. The molecule has 1 amide bonds. The summed E-state index contributed by atoms with van der Waals surface area (Å²) in [7, 11) is 0. The highest BCUT2D eigenvalue weighted by Crippen LogP contribution is 2.29. The van der Waals surface area contributed by atoms with E-state index in [0.29, 0.717) is 0 Å². The highest BCUT2D eigenvalue weighted by Gasteiger charge is 2.17. The number of hydrogen-bond donors (Lipinski definition) is 1. The fourth-order valence-corrected chi connectivity index (χ4v) is 4.49. The van der Waals surface area contributed by atoms with Crippen molar-refractivity contribution in [2.75, 3.05) is 0 Å². The van der Waals surface area contributed by atoms with Gasteiger partial charge in [0.2, 0.25) is 0 Å². The molecule has 0 saturated carbocycles. The Morgan fingerprint density at radius 1 is 1.24 bits per heavy atom. The number of fused-ring (bicyclic) bond motifs is 1. The summed E-state index contributed by atoms with van der Waals surface area (Å²) in [6.45, 7) is 1.86. The largest absolute Gasteiger partial charge is 0.281 e. The third kappa shape index (κ3) is 3.36. The highest BCUT2D eigenvalue weighted by atomic mass is 35.5. The first-order valence-corrected chi connectivity index (χ1v) is 8.86. The third-order valence-electron chi connectivity index (χ3n) is 3.48. The summed E-state index contributed by atoms with van der Waals surface area (Å²) < 4.78 is 0.719. The lowest BCUT2D eigenvalue weighted by Gasteiger charge is -2.08. The number of aryl methyl sites for hydroxylation is 2. The zero-order valence-electron chi connectivity index (χ0n) is 11.6. The molecule has 0 fully saturated rings. The first-order valence-electron chi connectivity index (χ1n) is 6.85. The van der Waals surface area contributed by atoms with Gasteiger partial charge in [-0.3, -0.25) is 4.79 Å². The zero-order chi connectivity index (χ0) is 14.8. The molecule has 110 valence electrons. The minimum Gasteiger partial charge on any atom is -0.266 e. The van der Waals surface area contributed by atoms with Crippen LogP contribution in [0.2, 0.25) is 4.34 Å². The SMILES string of the molecule is CC(=NNC(=O)c1cc2c(s1)CCCC2)c1ccc(Cl)s1. The van der Waals surface area contributed by atoms with Crippen molar-refractivity contribution >= 4 is 45.9 Å². The molecule has 21 heavy (non-hydrogen) atoms. The second-order valence-corrected chi connectivity index (χ2v) is 7.86. The summed E-state index contributed by atoms with van der Waals surface area (Å²) in [5.41, 5.74) is 4.74. The maximum atomic E-state index is 12.2. The van der Waals surface area contributed by atoms with Crippen LogP contribution in [0.15, 0.2) is 23.3 Å². The Morgan fingerprint density at radius 3 is 2.76 bits per heavy atom. The predicted octanol–water partition coefficient (Wildman–Crippen LogP) is 4.50. The van der Waals surface area contributed by atoms with Gasteiger partial charge in [0, 0.05) is 4.88 Å². The first-order chi connectivity index (χ1) is 10.1. The van der Waals surface area contributed by atoms with Gasteiger partial charge in [0.25, 0.3) is 5.91 Å². The number of thiophene rings is 2. The van der Waals surface area contributed by atoms with E-state index in [4.69, 9.17) is 11.6 Å². The van der Waals surface area contributed by atoms with E-state index in [-0.39, 0.29) is 5.91 Å². The van der Waals surface area contributed by atoms with Crippen LogP contribution in [0.1, 0.15) is 44.8 Å². The summed E-state index contributed by atoms with van der Waals surface area (Å²) in [6, 6.07) is 5.75. The van der Waals surface area contributed by atoms with Gasteiger partial charge in [0.15, 0.2) is 0 Å². The van der Waals surface area contributed by atoms with Crippen molar-refractivity contribution in [1.29, 1.82) is 0 Å². The molecule has 0 radical (unpaired) electrons. The highest BCUT2D eigenvalue weighted by molar-refractivity contribution is 7.18. The Hall–Kier alpha value is -1.17. The van der Waals surface area contributed by atoms with Gasteiger partial charge in [-0.1, -0.05) is 11.6 Å². The molecule has 0 aliphatic heterocycles. The Labute approximate surface area is 136 Å². The molecule has 0 unspecified atom stereocenters. The van der Waals surface area contributed by atoms with E-state index in [9.17, 15) is 4.79 Å². The van der Waals surface area contributed by atoms with Crippen molar-refractivity contribution in [3.63, 3.8) is 0 Å². The summed E-state index contributed by atoms with van der Waals surface area (Å²) in [6.07, 6.45) is 4.64. The molecule has 0 spiro atoms. The van der Waals surface area contributed by atoms with E-state index in [1.165, 1.54) is 34.6 Å². The van der Waals surface area contributed by atoms with E-state index < -0.39 is 0 Å². The van der Waals surface area contributed by atoms with Crippen LogP contribution in [0.25, 0.3) is 0 Å². The maximum absolute atomic E-state index is 12.2. The van der Waals surface area contributed by atoms with Crippen molar-refractivity contribution < 1.29 is 4.79 Å². The summed E-state index contributed by atoms with van der Waals surface area (Å²) >= 11 is 8.95. The number of nitrogens with zero attached hydrogens (tertiary/aromatic N) is 1.